The Labute approximate surface area is 160 Å². The van der Waals surface area contributed by atoms with Crippen LogP contribution in [0.4, 0.5) is 0 Å². The molecule has 1 N–H and O–H groups in total. The predicted molar refractivity (Wildman–Crippen MR) is 104 cm³/mol. The van der Waals surface area contributed by atoms with E-state index in [1.54, 1.807) is 17.1 Å². The van der Waals surface area contributed by atoms with Gasteiger partial charge in [0.2, 0.25) is 0 Å². The SMILES string of the molecule is C[C@H](NC(=O)c1cn(C)nc1-c1cccnc1)C12CC3CC(CC(C3)C1)C2. The molecule has 0 unspecified atom stereocenters. The zero-order valence-corrected chi connectivity index (χ0v) is 16.2. The number of amides is 1. The van der Waals surface area contributed by atoms with E-state index in [0.717, 1.165) is 23.3 Å². The fraction of sp³-hybridized carbons (Fsp3) is 0.591. The Morgan fingerprint density at radius 2 is 1.89 bits per heavy atom. The zero-order valence-electron chi connectivity index (χ0n) is 16.2. The van der Waals surface area contributed by atoms with Crippen molar-refractivity contribution in [3.63, 3.8) is 0 Å². The van der Waals surface area contributed by atoms with Gasteiger partial charge >= 0.3 is 0 Å². The molecule has 142 valence electrons. The Kier molecular flexibility index (Phi) is 3.88. The van der Waals surface area contributed by atoms with Gasteiger partial charge in [-0.1, -0.05) is 0 Å². The molecule has 2 aromatic rings. The Hall–Kier alpha value is -2.17. The summed E-state index contributed by atoms with van der Waals surface area (Å²) >= 11 is 0. The molecule has 4 aliphatic rings. The smallest absolute Gasteiger partial charge is 0.255 e. The number of pyridine rings is 1. The van der Waals surface area contributed by atoms with Gasteiger partial charge in [0.1, 0.15) is 5.69 Å². The molecule has 0 spiro atoms. The molecule has 1 atom stereocenters. The highest BCUT2D eigenvalue weighted by Gasteiger charge is 2.53. The maximum Gasteiger partial charge on any atom is 0.255 e. The fourth-order valence-corrected chi connectivity index (χ4v) is 6.51. The standard InChI is InChI=1S/C22H28N4O/c1-14(22-9-15-6-16(10-22)8-17(7-15)11-22)24-21(27)19-13-26(2)25-20(19)18-4-3-5-23-12-18/h3-5,12-17H,6-11H2,1-2H3,(H,24,27)/t14-,15?,16?,17?,22?/m0/s1. The molecule has 0 aromatic carbocycles. The number of nitrogens with one attached hydrogen (secondary N) is 1. The van der Waals surface area contributed by atoms with Crippen LogP contribution < -0.4 is 5.32 Å². The molecule has 2 heterocycles. The summed E-state index contributed by atoms with van der Waals surface area (Å²) in [5, 5.41) is 7.88. The molecule has 4 saturated carbocycles. The van der Waals surface area contributed by atoms with Gasteiger partial charge in [-0.05, 0) is 80.8 Å². The van der Waals surface area contributed by atoms with Gasteiger partial charge in [-0.25, -0.2) is 0 Å². The molecule has 5 heteroatoms. The summed E-state index contributed by atoms with van der Waals surface area (Å²) in [4.78, 5) is 17.3. The second-order valence-corrected chi connectivity index (χ2v) is 9.28. The van der Waals surface area contributed by atoms with Gasteiger partial charge in [-0.3, -0.25) is 14.5 Å². The van der Waals surface area contributed by atoms with Gasteiger partial charge in [0.25, 0.3) is 5.91 Å². The lowest BCUT2D eigenvalue weighted by Gasteiger charge is -2.59. The van der Waals surface area contributed by atoms with Gasteiger partial charge in [-0.2, -0.15) is 5.10 Å². The molecule has 27 heavy (non-hydrogen) atoms. The summed E-state index contributed by atoms with van der Waals surface area (Å²) in [5.74, 6) is 2.66. The highest BCUT2D eigenvalue weighted by atomic mass is 16.1. The first-order valence-electron chi connectivity index (χ1n) is 10.3. The van der Waals surface area contributed by atoms with Gasteiger partial charge < -0.3 is 5.32 Å². The van der Waals surface area contributed by atoms with Crippen LogP contribution in [-0.4, -0.2) is 26.7 Å². The second kappa shape index (κ2) is 6.18. The van der Waals surface area contributed by atoms with Crippen LogP contribution in [0.25, 0.3) is 11.3 Å². The van der Waals surface area contributed by atoms with Crippen LogP contribution >= 0.6 is 0 Å². The first-order valence-corrected chi connectivity index (χ1v) is 10.3. The normalized spacial score (nSPS) is 32.4. The van der Waals surface area contributed by atoms with E-state index in [9.17, 15) is 4.79 Å². The minimum atomic E-state index is -0.00908. The maximum absolute atomic E-state index is 13.2. The summed E-state index contributed by atoms with van der Waals surface area (Å²) in [6.45, 7) is 2.23. The molecule has 0 radical (unpaired) electrons. The minimum Gasteiger partial charge on any atom is -0.349 e. The number of nitrogens with zero attached hydrogens (tertiary/aromatic N) is 3. The van der Waals surface area contributed by atoms with Crippen molar-refractivity contribution in [2.45, 2.75) is 51.5 Å². The number of hydrogen-bond donors (Lipinski definition) is 1. The average molecular weight is 364 g/mol. The van der Waals surface area contributed by atoms with E-state index in [0.29, 0.717) is 16.7 Å². The number of rotatable bonds is 4. The van der Waals surface area contributed by atoms with Crippen molar-refractivity contribution in [2.75, 3.05) is 0 Å². The monoisotopic (exact) mass is 364 g/mol. The molecule has 0 saturated heterocycles. The zero-order chi connectivity index (χ0) is 18.6. The third kappa shape index (κ3) is 2.88. The summed E-state index contributed by atoms with van der Waals surface area (Å²) in [6.07, 6.45) is 13.5. The summed E-state index contributed by atoms with van der Waals surface area (Å²) in [7, 11) is 1.86. The van der Waals surface area contributed by atoms with Crippen LogP contribution in [0.2, 0.25) is 0 Å². The summed E-state index contributed by atoms with van der Waals surface area (Å²) in [6, 6.07) is 4.04. The number of carbonyl (C=O) groups is 1. The summed E-state index contributed by atoms with van der Waals surface area (Å²) in [5.41, 5.74) is 2.54. The van der Waals surface area contributed by atoms with Crippen molar-refractivity contribution >= 4 is 5.91 Å². The molecular formula is C22H28N4O. The van der Waals surface area contributed by atoms with E-state index in [2.05, 4.69) is 22.3 Å². The van der Waals surface area contributed by atoms with E-state index >= 15 is 0 Å². The topological polar surface area (TPSA) is 59.8 Å². The molecule has 5 nitrogen and oxygen atoms in total. The Morgan fingerprint density at radius 3 is 2.48 bits per heavy atom. The van der Waals surface area contributed by atoms with E-state index in [-0.39, 0.29) is 11.9 Å². The van der Waals surface area contributed by atoms with Crippen molar-refractivity contribution in [3.05, 3.63) is 36.3 Å². The van der Waals surface area contributed by atoms with E-state index in [1.165, 1.54) is 38.5 Å². The van der Waals surface area contributed by atoms with Crippen molar-refractivity contribution in [1.29, 1.82) is 0 Å². The molecule has 6 rings (SSSR count). The van der Waals surface area contributed by atoms with Crippen LogP contribution in [0, 0.1) is 23.2 Å². The first kappa shape index (κ1) is 17.0. The Balaban J connectivity index is 1.38. The quantitative estimate of drug-likeness (QED) is 0.897. The Morgan fingerprint density at radius 1 is 1.22 bits per heavy atom. The van der Waals surface area contributed by atoms with E-state index in [1.807, 2.05) is 25.4 Å². The molecule has 1 amide bonds. The highest BCUT2D eigenvalue weighted by molar-refractivity contribution is 5.99. The number of hydrogen-bond acceptors (Lipinski definition) is 3. The van der Waals surface area contributed by atoms with E-state index < -0.39 is 0 Å². The Bertz CT molecular complexity index is 821. The third-order valence-corrected chi connectivity index (χ3v) is 7.36. The molecule has 0 aliphatic heterocycles. The molecule has 4 fully saturated rings. The van der Waals surface area contributed by atoms with Crippen molar-refractivity contribution in [2.24, 2.45) is 30.2 Å². The van der Waals surface area contributed by atoms with E-state index in [4.69, 9.17) is 0 Å². The highest BCUT2D eigenvalue weighted by Crippen LogP contribution is 2.61. The van der Waals surface area contributed by atoms with Crippen molar-refractivity contribution in [1.82, 2.24) is 20.1 Å². The number of aromatic nitrogens is 3. The van der Waals surface area contributed by atoms with Crippen LogP contribution in [-0.2, 0) is 7.05 Å². The molecule has 4 bridgehead atoms. The van der Waals surface area contributed by atoms with Crippen molar-refractivity contribution < 1.29 is 4.79 Å². The lowest BCUT2D eigenvalue weighted by Crippen LogP contribution is -2.55. The van der Waals surface area contributed by atoms with Gasteiger partial charge in [0, 0.05) is 37.2 Å². The van der Waals surface area contributed by atoms with Crippen LogP contribution in [0.3, 0.4) is 0 Å². The molecule has 2 aromatic heterocycles. The first-order chi connectivity index (χ1) is 13.0. The third-order valence-electron chi connectivity index (χ3n) is 7.36. The largest absolute Gasteiger partial charge is 0.349 e. The average Bonchev–Trinajstić information content (AvgIpc) is 3.03. The maximum atomic E-state index is 13.2. The fourth-order valence-electron chi connectivity index (χ4n) is 6.51. The predicted octanol–water partition coefficient (Wildman–Crippen LogP) is 3.82. The number of aryl methyl sites for hydroxylation is 1. The van der Waals surface area contributed by atoms with Crippen LogP contribution in [0.15, 0.2) is 30.7 Å². The van der Waals surface area contributed by atoms with Gasteiger partial charge in [-0.15, -0.1) is 0 Å². The molecule has 4 aliphatic carbocycles. The lowest BCUT2D eigenvalue weighted by atomic mass is 9.48. The van der Waals surface area contributed by atoms with Gasteiger partial charge in [0.05, 0.1) is 5.56 Å². The minimum absolute atomic E-state index is 0.00908. The van der Waals surface area contributed by atoms with Gasteiger partial charge in [0.15, 0.2) is 0 Å². The van der Waals surface area contributed by atoms with Crippen molar-refractivity contribution in [3.8, 4) is 11.3 Å². The molecular weight excluding hydrogens is 336 g/mol. The second-order valence-electron chi connectivity index (χ2n) is 9.28. The number of carbonyl (C=O) groups excluding carboxylic acids is 1. The van der Waals surface area contributed by atoms with Crippen LogP contribution in [0.5, 0.6) is 0 Å². The summed E-state index contributed by atoms with van der Waals surface area (Å²) < 4.78 is 1.71. The lowest BCUT2D eigenvalue weighted by molar-refractivity contribution is -0.0687. The van der Waals surface area contributed by atoms with Crippen LogP contribution in [0.1, 0.15) is 55.8 Å².